The summed E-state index contributed by atoms with van der Waals surface area (Å²) in [6.45, 7) is 4.99. The molecule has 0 saturated carbocycles. The van der Waals surface area contributed by atoms with Gasteiger partial charge in [-0.05, 0) is 49.1 Å². The minimum Gasteiger partial charge on any atom is -0.299 e. The number of carbonyl (C=O) groups excluding carboxylic acids is 1. The van der Waals surface area contributed by atoms with Crippen LogP contribution in [0.3, 0.4) is 0 Å². The molecule has 1 saturated heterocycles. The molecule has 0 aromatic heterocycles. The molecule has 1 aliphatic heterocycles. The Kier molecular flexibility index (Phi) is 3.89. The van der Waals surface area contributed by atoms with Gasteiger partial charge in [0.25, 0.3) is 0 Å². The van der Waals surface area contributed by atoms with Crippen LogP contribution in [0.15, 0.2) is 18.2 Å². The van der Waals surface area contributed by atoms with Crippen molar-refractivity contribution in [1.29, 1.82) is 0 Å². The van der Waals surface area contributed by atoms with Gasteiger partial charge < -0.3 is 0 Å². The first-order valence-corrected chi connectivity index (χ1v) is 6.15. The summed E-state index contributed by atoms with van der Waals surface area (Å²) in [7, 11) is 0. The van der Waals surface area contributed by atoms with Gasteiger partial charge in [0.1, 0.15) is 12.1 Å². The standard InChI is InChI=1S/C14H18FNO/c1-11-3-2-6-16(8-11)9-13-7-14(15)5-4-12(13)10-17/h4-5,7,10-11H,2-3,6,8-9H2,1H3. The maximum Gasteiger partial charge on any atom is 0.150 e. The Morgan fingerprint density at radius 2 is 2.35 bits per heavy atom. The summed E-state index contributed by atoms with van der Waals surface area (Å²) >= 11 is 0. The van der Waals surface area contributed by atoms with Crippen LogP contribution < -0.4 is 0 Å². The van der Waals surface area contributed by atoms with Crippen molar-refractivity contribution in [2.75, 3.05) is 13.1 Å². The minimum atomic E-state index is -0.268. The van der Waals surface area contributed by atoms with Crippen LogP contribution in [0.25, 0.3) is 0 Å². The zero-order valence-corrected chi connectivity index (χ0v) is 10.2. The van der Waals surface area contributed by atoms with E-state index in [2.05, 4.69) is 11.8 Å². The molecule has 17 heavy (non-hydrogen) atoms. The Labute approximate surface area is 101 Å². The highest BCUT2D eigenvalue weighted by Gasteiger charge is 2.17. The van der Waals surface area contributed by atoms with E-state index >= 15 is 0 Å². The summed E-state index contributed by atoms with van der Waals surface area (Å²) in [5.74, 6) is 0.424. The van der Waals surface area contributed by atoms with Gasteiger partial charge in [-0.1, -0.05) is 6.92 Å². The Morgan fingerprint density at radius 1 is 1.53 bits per heavy atom. The molecule has 0 aliphatic carbocycles. The van der Waals surface area contributed by atoms with Crippen molar-refractivity contribution in [2.24, 2.45) is 5.92 Å². The summed E-state index contributed by atoms with van der Waals surface area (Å²) < 4.78 is 13.2. The van der Waals surface area contributed by atoms with Crippen LogP contribution in [-0.4, -0.2) is 24.3 Å². The second kappa shape index (κ2) is 5.41. The van der Waals surface area contributed by atoms with Crippen LogP contribution in [-0.2, 0) is 6.54 Å². The molecule has 1 atom stereocenters. The molecule has 1 fully saturated rings. The third kappa shape index (κ3) is 3.13. The van der Waals surface area contributed by atoms with E-state index < -0.39 is 0 Å². The highest BCUT2D eigenvalue weighted by Crippen LogP contribution is 2.19. The van der Waals surface area contributed by atoms with E-state index in [9.17, 15) is 9.18 Å². The van der Waals surface area contributed by atoms with Crippen molar-refractivity contribution in [1.82, 2.24) is 4.90 Å². The SMILES string of the molecule is CC1CCCN(Cc2cc(F)ccc2C=O)C1. The number of likely N-dealkylation sites (tertiary alicyclic amines) is 1. The molecule has 1 heterocycles. The number of hydrogen-bond donors (Lipinski definition) is 0. The maximum atomic E-state index is 13.2. The predicted octanol–water partition coefficient (Wildman–Crippen LogP) is 2.87. The second-order valence-corrected chi connectivity index (χ2v) is 4.94. The van der Waals surface area contributed by atoms with Crippen LogP contribution in [0.1, 0.15) is 35.7 Å². The van der Waals surface area contributed by atoms with Gasteiger partial charge in [-0.15, -0.1) is 0 Å². The Morgan fingerprint density at radius 3 is 3.06 bits per heavy atom. The minimum absolute atomic E-state index is 0.268. The second-order valence-electron chi connectivity index (χ2n) is 4.94. The largest absolute Gasteiger partial charge is 0.299 e. The number of hydrogen-bond acceptors (Lipinski definition) is 2. The number of carbonyl (C=O) groups is 1. The first kappa shape index (κ1) is 12.2. The molecule has 2 nitrogen and oxygen atoms in total. The van der Waals surface area contributed by atoms with Crippen molar-refractivity contribution in [3.63, 3.8) is 0 Å². The van der Waals surface area contributed by atoms with Crippen LogP contribution in [0.4, 0.5) is 4.39 Å². The average Bonchev–Trinajstić information content (AvgIpc) is 2.29. The monoisotopic (exact) mass is 235 g/mol. The molecule has 92 valence electrons. The van der Waals surface area contributed by atoms with E-state index in [-0.39, 0.29) is 5.82 Å². The lowest BCUT2D eigenvalue weighted by Crippen LogP contribution is -2.34. The van der Waals surface area contributed by atoms with Crippen LogP contribution in [0.2, 0.25) is 0 Å². The zero-order valence-electron chi connectivity index (χ0n) is 10.2. The summed E-state index contributed by atoms with van der Waals surface area (Å²) in [6.07, 6.45) is 3.26. The van der Waals surface area contributed by atoms with E-state index in [4.69, 9.17) is 0 Å². The highest BCUT2D eigenvalue weighted by molar-refractivity contribution is 5.77. The van der Waals surface area contributed by atoms with Crippen molar-refractivity contribution >= 4 is 6.29 Å². The fraction of sp³-hybridized carbons (Fsp3) is 0.500. The van der Waals surface area contributed by atoms with E-state index in [1.165, 1.54) is 25.0 Å². The lowest BCUT2D eigenvalue weighted by molar-refractivity contribution is 0.112. The molecule has 2 rings (SSSR count). The van der Waals surface area contributed by atoms with Crippen molar-refractivity contribution in [2.45, 2.75) is 26.3 Å². The third-order valence-corrected chi connectivity index (χ3v) is 3.37. The third-order valence-electron chi connectivity index (χ3n) is 3.37. The average molecular weight is 235 g/mol. The molecule has 1 aromatic carbocycles. The summed E-state index contributed by atoms with van der Waals surface area (Å²) in [4.78, 5) is 13.2. The van der Waals surface area contributed by atoms with Crippen molar-refractivity contribution < 1.29 is 9.18 Å². The van der Waals surface area contributed by atoms with Gasteiger partial charge in [0.05, 0.1) is 0 Å². The number of nitrogens with zero attached hydrogens (tertiary/aromatic N) is 1. The van der Waals surface area contributed by atoms with E-state index in [0.29, 0.717) is 18.0 Å². The Balaban J connectivity index is 2.11. The van der Waals surface area contributed by atoms with Gasteiger partial charge >= 0.3 is 0 Å². The lowest BCUT2D eigenvalue weighted by Gasteiger charge is -2.31. The predicted molar refractivity (Wildman–Crippen MR) is 65.5 cm³/mol. The molecule has 1 aromatic rings. The smallest absolute Gasteiger partial charge is 0.150 e. The zero-order chi connectivity index (χ0) is 12.3. The molecule has 1 aliphatic rings. The maximum absolute atomic E-state index is 13.2. The van der Waals surface area contributed by atoms with Crippen LogP contribution in [0, 0.1) is 11.7 Å². The molecular weight excluding hydrogens is 217 g/mol. The number of benzene rings is 1. The molecule has 3 heteroatoms. The van der Waals surface area contributed by atoms with Gasteiger partial charge in [0.15, 0.2) is 0 Å². The van der Waals surface area contributed by atoms with Crippen LogP contribution in [0.5, 0.6) is 0 Å². The van der Waals surface area contributed by atoms with E-state index in [1.54, 1.807) is 6.07 Å². The normalized spacial score (nSPS) is 21.4. The number of piperidine rings is 1. The summed E-state index contributed by atoms with van der Waals surface area (Å²) in [5.41, 5.74) is 1.40. The van der Waals surface area contributed by atoms with Gasteiger partial charge in [-0.3, -0.25) is 9.69 Å². The van der Waals surface area contributed by atoms with Crippen LogP contribution >= 0.6 is 0 Å². The van der Waals surface area contributed by atoms with E-state index in [0.717, 1.165) is 24.9 Å². The first-order chi connectivity index (χ1) is 8.19. The lowest BCUT2D eigenvalue weighted by atomic mass is 9.99. The quantitative estimate of drug-likeness (QED) is 0.751. The number of aldehydes is 1. The Hall–Kier alpha value is -1.22. The van der Waals surface area contributed by atoms with Gasteiger partial charge in [-0.2, -0.15) is 0 Å². The van der Waals surface area contributed by atoms with Crippen molar-refractivity contribution in [3.8, 4) is 0 Å². The number of rotatable bonds is 3. The Bertz CT molecular complexity index is 405. The molecule has 0 radical (unpaired) electrons. The molecule has 1 unspecified atom stereocenters. The fourth-order valence-electron chi connectivity index (χ4n) is 2.50. The van der Waals surface area contributed by atoms with Gasteiger partial charge in [0.2, 0.25) is 0 Å². The molecule has 0 bridgehead atoms. The summed E-state index contributed by atoms with van der Waals surface area (Å²) in [6, 6.07) is 4.38. The van der Waals surface area contributed by atoms with Gasteiger partial charge in [0, 0.05) is 18.7 Å². The summed E-state index contributed by atoms with van der Waals surface area (Å²) in [5, 5.41) is 0. The first-order valence-electron chi connectivity index (χ1n) is 6.15. The van der Waals surface area contributed by atoms with E-state index in [1.807, 2.05) is 0 Å². The molecule has 0 spiro atoms. The highest BCUT2D eigenvalue weighted by atomic mass is 19.1. The van der Waals surface area contributed by atoms with Crippen molar-refractivity contribution in [3.05, 3.63) is 35.1 Å². The number of halogens is 1. The molecule has 0 amide bonds. The van der Waals surface area contributed by atoms with Gasteiger partial charge in [-0.25, -0.2) is 4.39 Å². The molecular formula is C14H18FNO. The topological polar surface area (TPSA) is 20.3 Å². The molecule has 0 N–H and O–H groups in total. The fourth-order valence-corrected chi connectivity index (χ4v) is 2.50.